The highest BCUT2D eigenvalue weighted by atomic mass is 15.2. The molecule has 0 fully saturated rings. The van der Waals surface area contributed by atoms with Crippen LogP contribution < -0.4 is 4.90 Å². The number of rotatable bonds is 5. The van der Waals surface area contributed by atoms with Crippen LogP contribution in [0.5, 0.6) is 0 Å². The van der Waals surface area contributed by atoms with Crippen LogP contribution in [0.25, 0.3) is 5.57 Å². The highest BCUT2D eigenvalue weighted by molar-refractivity contribution is 5.84. The van der Waals surface area contributed by atoms with E-state index in [1.807, 2.05) is 0 Å². The minimum absolute atomic E-state index is 0.0233. The van der Waals surface area contributed by atoms with Crippen LogP contribution in [0.4, 0.5) is 5.69 Å². The molecule has 1 heteroatoms. The highest BCUT2D eigenvalue weighted by Crippen LogP contribution is 2.62. The molecule has 5 unspecified atom stereocenters. The molecular weight excluding hydrogens is 567 g/mol. The number of benzene rings is 3. The minimum Gasteiger partial charge on any atom is -0.338 e. The van der Waals surface area contributed by atoms with E-state index in [1.165, 1.54) is 45.6 Å². The predicted octanol–water partition coefficient (Wildman–Crippen LogP) is 11.3. The summed E-state index contributed by atoms with van der Waals surface area (Å²) in [5.74, 6) is 1.32. The molecule has 0 heterocycles. The van der Waals surface area contributed by atoms with Crippen LogP contribution in [0.1, 0.15) is 80.5 Å². The number of nitrogens with zero attached hydrogens (tertiary/aromatic N) is 1. The van der Waals surface area contributed by atoms with E-state index in [0.717, 1.165) is 32.1 Å². The lowest BCUT2D eigenvalue weighted by molar-refractivity contribution is 0.271. The summed E-state index contributed by atoms with van der Waals surface area (Å²) in [6.45, 7) is 4.84. The molecule has 47 heavy (non-hydrogen) atoms. The zero-order valence-electron chi connectivity index (χ0n) is 27.8. The first-order chi connectivity index (χ1) is 23.1. The summed E-state index contributed by atoms with van der Waals surface area (Å²) in [6, 6.07) is 30.0. The monoisotopic (exact) mass is 611 g/mol. The molecule has 6 aliphatic carbocycles. The van der Waals surface area contributed by atoms with Crippen molar-refractivity contribution in [1.82, 2.24) is 0 Å². The summed E-state index contributed by atoms with van der Waals surface area (Å²) in [5, 5.41) is 0. The molecule has 0 bridgehead atoms. The second kappa shape index (κ2) is 11.1. The lowest BCUT2D eigenvalue weighted by Crippen LogP contribution is -2.44. The van der Waals surface area contributed by atoms with E-state index < -0.39 is 0 Å². The molecule has 0 saturated heterocycles. The maximum Gasteiger partial charge on any atom is 0.0519 e. The molecule has 0 spiro atoms. The fourth-order valence-electron chi connectivity index (χ4n) is 10.3. The SMILES string of the molecule is CC1(C)C2=C(CCC(N(c3ccccc3)C3C=CC(C4(C5=CCCC=C5)c5ccccc5C5C=CC=CC54)CC3)=C2)c2ccccc21. The van der Waals surface area contributed by atoms with Gasteiger partial charge in [0, 0.05) is 34.1 Å². The third-order valence-corrected chi connectivity index (χ3v) is 12.4. The lowest BCUT2D eigenvalue weighted by Gasteiger charge is -2.47. The van der Waals surface area contributed by atoms with E-state index in [-0.39, 0.29) is 10.8 Å². The van der Waals surface area contributed by atoms with Gasteiger partial charge in [-0.05, 0) is 102 Å². The Bertz CT molecular complexity index is 1940. The number of para-hydroxylation sites is 1. The Balaban J connectivity index is 1.13. The standard InChI is InChI=1S/C46H45N/c1-45(2)41-22-12-9-19-37(41)40-30-29-36(31-44(40)45)47(34-17-7-4-8-18-34)35-27-25-33(26-28-35)46(32-15-5-3-6-16-32)42-23-13-10-20-38(42)39-21-11-14-24-43(39)46/h4-5,7-25,27,31,33,35,38,42H,3,6,26,28-30H2,1-2H3. The van der Waals surface area contributed by atoms with Crippen molar-refractivity contribution in [3.05, 3.63) is 179 Å². The van der Waals surface area contributed by atoms with Gasteiger partial charge in [0.1, 0.15) is 0 Å². The molecule has 0 aliphatic heterocycles. The molecule has 1 nitrogen and oxygen atoms in total. The van der Waals surface area contributed by atoms with Crippen molar-refractivity contribution in [2.45, 2.75) is 75.2 Å². The van der Waals surface area contributed by atoms with E-state index in [4.69, 9.17) is 0 Å². The molecule has 5 atom stereocenters. The van der Waals surface area contributed by atoms with Gasteiger partial charge in [0.25, 0.3) is 0 Å². The summed E-state index contributed by atoms with van der Waals surface area (Å²) in [7, 11) is 0. The van der Waals surface area contributed by atoms with Crippen LogP contribution in [-0.2, 0) is 10.8 Å². The van der Waals surface area contributed by atoms with Gasteiger partial charge in [-0.1, -0.05) is 135 Å². The van der Waals surface area contributed by atoms with Crippen LogP contribution >= 0.6 is 0 Å². The van der Waals surface area contributed by atoms with Gasteiger partial charge >= 0.3 is 0 Å². The summed E-state index contributed by atoms with van der Waals surface area (Å²) in [5.41, 5.74) is 13.4. The van der Waals surface area contributed by atoms with Gasteiger partial charge < -0.3 is 4.90 Å². The van der Waals surface area contributed by atoms with E-state index in [9.17, 15) is 0 Å². The number of fused-ring (bicyclic) bond motifs is 5. The Labute approximate surface area is 281 Å². The molecule has 0 radical (unpaired) electrons. The molecule has 3 aromatic rings. The van der Waals surface area contributed by atoms with Crippen molar-refractivity contribution >= 4 is 11.3 Å². The van der Waals surface area contributed by atoms with Gasteiger partial charge in [0.15, 0.2) is 0 Å². The first-order valence-electron chi connectivity index (χ1n) is 18.0. The third kappa shape index (κ3) is 4.28. The normalized spacial score (nSPS) is 29.5. The minimum atomic E-state index is -0.0397. The Kier molecular flexibility index (Phi) is 6.82. The zero-order valence-corrected chi connectivity index (χ0v) is 27.8. The summed E-state index contributed by atoms with van der Waals surface area (Å²) in [6.07, 6.45) is 31.6. The molecule has 0 amide bonds. The number of hydrogen-bond donors (Lipinski definition) is 0. The predicted molar refractivity (Wildman–Crippen MR) is 197 cm³/mol. The second-order valence-electron chi connectivity index (χ2n) is 15.0. The Morgan fingerprint density at radius 3 is 2.32 bits per heavy atom. The highest BCUT2D eigenvalue weighted by Gasteiger charge is 2.56. The average Bonchev–Trinajstić information content (AvgIpc) is 3.56. The van der Waals surface area contributed by atoms with Crippen molar-refractivity contribution in [1.29, 1.82) is 0 Å². The molecule has 3 aromatic carbocycles. The maximum absolute atomic E-state index is 2.69. The Morgan fingerprint density at radius 1 is 0.723 bits per heavy atom. The van der Waals surface area contributed by atoms with Crippen LogP contribution in [-0.4, -0.2) is 6.04 Å². The van der Waals surface area contributed by atoms with Gasteiger partial charge in [0.05, 0.1) is 6.04 Å². The molecule has 6 aliphatic rings. The number of hydrogen-bond acceptors (Lipinski definition) is 1. The third-order valence-electron chi connectivity index (χ3n) is 12.4. The molecular formula is C46H45N. The van der Waals surface area contributed by atoms with E-state index in [2.05, 4.69) is 158 Å². The van der Waals surface area contributed by atoms with Gasteiger partial charge in [-0.3, -0.25) is 0 Å². The Hall–Kier alpha value is -4.36. The zero-order chi connectivity index (χ0) is 31.6. The van der Waals surface area contributed by atoms with Crippen molar-refractivity contribution < 1.29 is 0 Å². The summed E-state index contributed by atoms with van der Waals surface area (Å²) >= 11 is 0. The number of allylic oxidation sites excluding steroid dienone is 13. The molecule has 9 rings (SSSR count). The first kappa shape index (κ1) is 28.8. The lowest BCUT2D eigenvalue weighted by atomic mass is 9.57. The van der Waals surface area contributed by atoms with Crippen molar-refractivity contribution in [2.24, 2.45) is 11.8 Å². The molecule has 0 aromatic heterocycles. The van der Waals surface area contributed by atoms with E-state index in [0.29, 0.717) is 23.8 Å². The van der Waals surface area contributed by atoms with Crippen LogP contribution in [0, 0.1) is 11.8 Å². The maximum atomic E-state index is 2.69. The van der Waals surface area contributed by atoms with Crippen LogP contribution in [0.3, 0.4) is 0 Å². The first-order valence-corrected chi connectivity index (χ1v) is 18.0. The van der Waals surface area contributed by atoms with E-state index in [1.54, 1.807) is 11.1 Å². The smallest absolute Gasteiger partial charge is 0.0519 e. The summed E-state index contributed by atoms with van der Waals surface area (Å²) < 4.78 is 0. The fraction of sp³-hybridized carbons (Fsp3) is 0.304. The molecule has 0 N–H and O–H groups in total. The number of anilines is 1. The quantitative estimate of drug-likeness (QED) is 0.259. The molecule has 234 valence electrons. The topological polar surface area (TPSA) is 3.24 Å². The largest absolute Gasteiger partial charge is 0.338 e. The van der Waals surface area contributed by atoms with Crippen molar-refractivity contribution in [2.75, 3.05) is 4.90 Å². The van der Waals surface area contributed by atoms with E-state index >= 15 is 0 Å². The van der Waals surface area contributed by atoms with Crippen LogP contribution in [0.2, 0.25) is 0 Å². The second-order valence-corrected chi connectivity index (χ2v) is 15.0. The molecule has 0 saturated carbocycles. The fourth-order valence-corrected chi connectivity index (χ4v) is 10.3. The van der Waals surface area contributed by atoms with Gasteiger partial charge in [0.2, 0.25) is 0 Å². The summed E-state index contributed by atoms with van der Waals surface area (Å²) in [4.78, 5) is 2.69. The van der Waals surface area contributed by atoms with Crippen molar-refractivity contribution in [3.8, 4) is 0 Å². The van der Waals surface area contributed by atoms with Gasteiger partial charge in [-0.15, -0.1) is 0 Å². The van der Waals surface area contributed by atoms with Crippen molar-refractivity contribution in [3.63, 3.8) is 0 Å². The van der Waals surface area contributed by atoms with Gasteiger partial charge in [-0.2, -0.15) is 0 Å². The van der Waals surface area contributed by atoms with Gasteiger partial charge in [-0.25, -0.2) is 0 Å². The Morgan fingerprint density at radius 2 is 1.51 bits per heavy atom. The van der Waals surface area contributed by atoms with Crippen LogP contribution in [0.15, 0.2) is 156 Å². The average molecular weight is 612 g/mol.